The first-order valence-electron chi connectivity index (χ1n) is 1.53. The van der Waals surface area contributed by atoms with Gasteiger partial charge in [0.05, 0.1) is 19.1 Å². The minimum Gasteiger partial charge on any atom is -0.0145 e. The Bertz CT molecular complexity index is 42.0. The first-order valence-corrected chi connectivity index (χ1v) is 1.53. The summed E-state index contributed by atoms with van der Waals surface area (Å²) in [4.78, 5) is 0. The molecule has 5 heavy (non-hydrogen) atoms. The highest BCUT2D eigenvalue weighted by molar-refractivity contribution is 4.90. The lowest BCUT2D eigenvalue weighted by atomic mass is 10.5. The maximum atomic E-state index is 3.43. The number of hydrogen-bond donors (Lipinski definition) is 0. The second-order valence-corrected chi connectivity index (χ2v) is 0.691. The summed E-state index contributed by atoms with van der Waals surface area (Å²) >= 11 is 0. The van der Waals surface area contributed by atoms with Gasteiger partial charge in [0.25, 0.3) is 0 Å². The predicted molar refractivity (Wildman–Crippen MR) is 23.7 cm³/mol. The summed E-state index contributed by atoms with van der Waals surface area (Å²) in [6.07, 6.45) is 6.23. The zero-order valence-electron chi connectivity index (χ0n) is 3.36. The van der Waals surface area contributed by atoms with Crippen molar-refractivity contribution in [1.82, 2.24) is 0 Å². The Morgan fingerprint density at radius 3 is 2.40 bits per heavy atom. The molecule has 0 aromatic rings. The van der Waals surface area contributed by atoms with Crippen molar-refractivity contribution in [3.05, 3.63) is 24.8 Å². The second kappa shape index (κ2) is 3.39. The highest BCUT2D eigenvalue weighted by atomic mass is 13.5. The highest BCUT2D eigenvalue weighted by Crippen LogP contribution is 1.62. The van der Waals surface area contributed by atoms with Crippen LogP contribution in [0.15, 0.2) is 18.7 Å². The lowest BCUT2D eigenvalue weighted by Crippen LogP contribution is -1.35. The van der Waals surface area contributed by atoms with Crippen molar-refractivity contribution in [3.8, 4) is 0 Å². The molecule has 0 bridgehead atoms. The summed E-state index contributed by atoms with van der Waals surface area (Å²) in [6.45, 7) is 5.27. The van der Waals surface area contributed by atoms with Crippen LogP contribution in [-0.2, 0) is 0 Å². The average molecular weight is 67.1 g/mol. The quantitative estimate of drug-likeness (QED) is 0.322. The van der Waals surface area contributed by atoms with Crippen molar-refractivity contribution >= 4 is 0 Å². The molecule has 0 amide bonds. The molecule has 0 aliphatic rings. The lowest BCUT2D eigenvalue weighted by molar-refractivity contribution is 1.66. The molecule has 0 rings (SSSR count). The zero-order valence-corrected chi connectivity index (χ0v) is 3.36. The van der Waals surface area contributed by atoms with Crippen molar-refractivity contribution < 1.29 is 0 Å². The Morgan fingerprint density at radius 1 is 1.80 bits per heavy atom. The van der Waals surface area contributed by atoms with Gasteiger partial charge in [-0.1, -0.05) is 0 Å². The molecule has 0 saturated heterocycles. The number of rotatable bonds is 1. The fourth-order valence-corrected chi connectivity index (χ4v) is 0.118. The van der Waals surface area contributed by atoms with E-state index < -0.39 is 0 Å². The molecule has 0 N–H and O–H groups in total. The molecule has 0 aromatic carbocycles. The van der Waals surface area contributed by atoms with Crippen LogP contribution >= 0.6 is 0 Å². The maximum absolute atomic E-state index is 3.43. The van der Waals surface area contributed by atoms with E-state index in [9.17, 15) is 0 Å². The molecule has 0 aliphatic heterocycles. The molecule has 0 heteroatoms. The first-order chi connectivity index (χ1) is 2.41. The molecule has 0 spiro atoms. The van der Waals surface area contributed by atoms with E-state index >= 15 is 0 Å². The van der Waals surface area contributed by atoms with Gasteiger partial charge in [-0.15, -0.1) is 0 Å². The molecule has 0 aromatic heterocycles. The van der Waals surface area contributed by atoms with Gasteiger partial charge in [0.15, 0.2) is 6.08 Å². The van der Waals surface area contributed by atoms with Crippen LogP contribution in [-0.4, -0.2) is 0 Å². The minimum atomic E-state index is 1.69. The third-order valence-electron chi connectivity index (χ3n) is 0.285. The normalized spacial score (nSPS) is 7.40. The van der Waals surface area contributed by atoms with Crippen molar-refractivity contribution in [2.24, 2.45) is 0 Å². The van der Waals surface area contributed by atoms with Gasteiger partial charge in [-0.2, -0.15) is 0 Å². The van der Waals surface area contributed by atoms with Crippen molar-refractivity contribution in [2.75, 3.05) is 0 Å². The molecular weight excluding hydrogens is 60.1 g/mol. The van der Waals surface area contributed by atoms with Crippen LogP contribution < -0.4 is 0 Å². The number of hydrogen-bond acceptors (Lipinski definition) is 0. The van der Waals surface area contributed by atoms with E-state index in [-0.39, 0.29) is 0 Å². The van der Waals surface area contributed by atoms with Gasteiger partial charge in [0, 0.05) is 0 Å². The summed E-state index contributed by atoms with van der Waals surface area (Å²) < 4.78 is 0. The Balaban J connectivity index is 2.92. The van der Waals surface area contributed by atoms with E-state index in [1.807, 2.05) is 6.92 Å². The summed E-state index contributed by atoms with van der Waals surface area (Å²) in [5.74, 6) is 0. The Hall–Kier alpha value is -0.610. The van der Waals surface area contributed by atoms with Gasteiger partial charge < -0.3 is 0 Å². The molecule has 0 atom stereocenters. The fourth-order valence-electron chi connectivity index (χ4n) is 0.118. The smallest absolute Gasteiger partial charge is 0.0145 e. The van der Waals surface area contributed by atoms with E-state index in [0.29, 0.717) is 0 Å². The van der Waals surface area contributed by atoms with Gasteiger partial charge in [-0.05, 0) is 6.58 Å². The largest absolute Gasteiger partial charge is 0.153 e. The number of allylic oxidation sites excluding steroid dienone is 3. The van der Waals surface area contributed by atoms with Crippen molar-refractivity contribution in [1.29, 1.82) is 0 Å². The van der Waals surface area contributed by atoms with Crippen LogP contribution in [0, 0.1) is 6.08 Å². The van der Waals surface area contributed by atoms with Crippen LogP contribution in [0.2, 0.25) is 0 Å². The maximum Gasteiger partial charge on any atom is 0.153 e. The van der Waals surface area contributed by atoms with Gasteiger partial charge in [-0.3, -0.25) is 0 Å². The SMILES string of the molecule is C=CC=[C+]C. The van der Waals surface area contributed by atoms with Gasteiger partial charge in [-0.25, -0.2) is 0 Å². The Kier molecular flexibility index (Phi) is 2.98. The van der Waals surface area contributed by atoms with Gasteiger partial charge in [0.2, 0.25) is 0 Å². The van der Waals surface area contributed by atoms with E-state index in [0.717, 1.165) is 0 Å². The highest BCUT2D eigenvalue weighted by Gasteiger charge is 1.58. The van der Waals surface area contributed by atoms with E-state index in [1.54, 1.807) is 12.2 Å². The lowest BCUT2D eigenvalue weighted by Gasteiger charge is -1.40. The van der Waals surface area contributed by atoms with Crippen molar-refractivity contribution in [2.45, 2.75) is 6.92 Å². The van der Waals surface area contributed by atoms with Crippen LogP contribution in [0.4, 0.5) is 0 Å². The Morgan fingerprint density at radius 2 is 2.40 bits per heavy atom. The first kappa shape index (κ1) is 4.39. The van der Waals surface area contributed by atoms with Crippen molar-refractivity contribution in [3.63, 3.8) is 0 Å². The molecule has 0 radical (unpaired) electrons. The molecule has 0 aliphatic carbocycles. The predicted octanol–water partition coefficient (Wildman–Crippen LogP) is 1.55. The van der Waals surface area contributed by atoms with Gasteiger partial charge in [0.1, 0.15) is 0 Å². The zero-order chi connectivity index (χ0) is 4.12. The molecule has 0 heterocycles. The molecule has 0 unspecified atom stereocenters. The van der Waals surface area contributed by atoms with Gasteiger partial charge >= 0.3 is 0 Å². The summed E-state index contributed by atoms with van der Waals surface area (Å²) in [5.41, 5.74) is 0. The standard InChI is InChI=1S/C5H7/c1-3-5-4-2/h3,5H,1H2,2H3/q+1. The second-order valence-electron chi connectivity index (χ2n) is 0.691. The minimum absolute atomic E-state index is 1.69. The molecule has 0 saturated carbocycles. The molecule has 0 nitrogen and oxygen atoms in total. The van der Waals surface area contributed by atoms with Crippen LogP contribution in [0.5, 0.6) is 0 Å². The molecule has 26 valence electrons. The third-order valence-corrected chi connectivity index (χ3v) is 0.285. The van der Waals surface area contributed by atoms with E-state index in [1.165, 1.54) is 0 Å². The average Bonchev–Trinajstić information content (AvgIpc) is 1.41. The third kappa shape index (κ3) is 3.39. The fraction of sp³-hybridized carbons (Fsp3) is 0.200. The monoisotopic (exact) mass is 67.1 g/mol. The summed E-state index contributed by atoms with van der Waals surface area (Å²) in [6, 6.07) is 0. The van der Waals surface area contributed by atoms with Crippen LogP contribution in [0.1, 0.15) is 6.92 Å². The Labute approximate surface area is 32.8 Å². The van der Waals surface area contributed by atoms with E-state index in [4.69, 9.17) is 0 Å². The van der Waals surface area contributed by atoms with Crippen LogP contribution in [0.25, 0.3) is 0 Å². The van der Waals surface area contributed by atoms with Crippen LogP contribution in [0.3, 0.4) is 0 Å². The summed E-state index contributed by atoms with van der Waals surface area (Å²) in [7, 11) is 0. The van der Waals surface area contributed by atoms with E-state index in [2.05, 4.69) is 12.7 Å². The topological polar surface area (TPSA) is 0 Å². The molecule has 0 fully saturated rings. The summed E-state index contributed by atoms with van der Waals surface area (Å²) in [5, 5.41) is 0. The molecular formula is C5H7+.